The summed E-state index contributed by atoms with van der Waals surface area (Å²) in [6.45, 7) is 0. The highest BCUT2D eigenvalue weighted by atomic mass is 32.2. The van der Waals surface area contributed by atoms with Gasteiger partial charge in [-0.1, -0.05) is 6.42 Å². The van der Waals surface area contributed by atoms with Crippen molar-refractivity contribution in [2.24, 2.45) is 0 Å². The van der Waals surface area contributed by atoms with Gasteiger partial charge in [-0.3, -0.25) is 0 Å². The van der Waals surface area contributed by atoms with Gasteiger partial charge in [-0.25, -0.2) is 18.4 Å². The Bertz CT molecular complexity index is 780. The average molecular weight is 323 g/mol. The van der Waals surface area contributed by atoms with Crippen molar-refractivity contribution in [2.45, 2.75) is 42.9 Å². The molecule has 2 aromatic heterocycles. The summed E-state index contributed by atoms with van der Waals surface area (Å²) in [5.41, 5.74) is 0.944. The van der Waals surface area contributed by atoms with Gasteiger partial charge in [0.05, 0.1) is 20.7 Å². The van der Waals surface area contributed by atoms with E-state index >= 15 is 0 Å². The number of nitrogens with one attached hydrogen (secondary N) is 1. The van der Waals surface area contributed by atoms with Crippen molar-refractivity contribution in [2.75, 3.05) is 11.1 Å². The minimum absolute atomic E-state index is 0.189. The number of rotatable bonds is 2. The SMILES string of the molecule is O=S1(=O)CCC(Nc2ncnc3ccsc23)CC12CCC2. The third kappa shape index (κ3) is 2.05. The molecule has 0 aromatic carbocycles. The third-order valence-corrected chi connectivity index (χ3v) is 8.44. The van der Waals surface area contributed by atoms with Gasteiger partial charge < -0.3 is 5.32 Å². The van der Waals surface area contributed by atoms with Crippen LogP contribution in [-0.2, 0) is 9.84 Å². The third-order valence-electron chi connectivity index (χ3n) is 4.86. The first kappa shape index (κ1) is 13.5. The first-order valence-corrected chi connectivity index (χ1v) is 9.80. The van der Waals surface area contributed by atoms with Crippen LogP contribution in [0.3, 0.4) is 0 Å². The second-order valence-corrected chi connectivity index (χ2v) is 9.47. The molecule has 0 radical (unpaired) electrons. The Balaban J connectivity index is 1.60. The fourth-order valence-corrected chi connectivity index (χ4v) is 6.68. The number of nitrogens with zero attached hydrogens (tertiary/aromatic N) is 2. The van der Waals surface area contributed by atoms with Gasteiger partial charge in [0.1, 0.15) is 12.1 Å². The predicted octanol–water partition coefficient (Wildman–Crippen LogP) is 2.60. The van der Waals surface area contributed by atoms with Gasteiger partial charge in [-0.2, -0.15) is 0 Å². The van der Waals surface area contributed by atoms with Crippen LogP contribution in [0.5, 0.6) is 0 Å². The number of thiophene rings is 1. The van der Waals surface area contributed by atoms with Crippen LogP contribution >= 0.6 is 11.3 Å². The van der Waals surface area contributed by atoms with E-state index in [4.69, 9.17) is 0 Å². The number of fused-ring (bicyclic) bond motifs is 1. The molecule has 4 rings (SSSR count). The van der Waals surface area contributed by atoms with Gasteiger partial charge in [-0.05, 0) is 37.1 Å². The Labute approximate surface area is 127 Å². The molecule has 1 saturated heterocycles. The molecule has 21 heavy (non-hydrogen) atoms. The van der Waals surface area contributed by atoms with E-state index in [1.165, 1.54) is 0 Å². The lowest BCUT2D eigenvalue weighted by atomic mass is 9.79. The molecule has 112 valence electrons. The zero-order valence-electron chi connectivity index (χ0n) is 11.6. The first-order valence-electron chi connectivity index (χ1n) is 7.27. The Morgan fingerprint density at radius 3 is 2.95 bits per heavy atom. The first-order chi connectivity index (χ1) is 10.1. The molecule has 2 aromatic rings. The summed E-state index contributed by atoms with van der Waals surface area (Å²) in [5, 5.41) is 5.47. The van der Waals surface area contributed by atoms with Gasteiger partial charge in [0.2, 0.25) is 0 Å². The van der Waals surface area contributed by atoms with Crippen molar-refractivity contribution in [3.8, 4) is 0 Å². The highest BCUT2D eigenvalue weighted by molar-refractivity contribution is 7.92. The Morgan fingerprint density at radius 2 is 2.19 bits per heavy atom. The molecule has 1 aliphatic carbocycles. The highest BCUT2D eigenvalue weighted by Gasteiger charge is 2.52. The molecule has 1 unspecified atom stereocenters. The summed E-state index contributed by atoms with van der Waals surface area (Å²) in [7, 11) is -2.91. The van der Waals surface area contributed by atoms with Gasteiger partial charge in [0.15, 0.2) is 9.84 Å². The molecular weight excluding hydrogens is 306 g/mol. The van der Waals surface area contributed by atoms with Crippen LogP contribution in [0.4, 0.5) is 5.82 Å². The van der Waals surface area contributed by atoms with Crippen molar-refractivity contribution in [3.63, 3.8) is 0 Å². The van der Waals surface area contributed by atoms with E-state index in [-0.39, 0.29) is 6.04 Å². The molecule has 1 atom stereocenters. The predicted molar refractivity (Wildman–Crippen MR) is 84.4 cm³/mol. The number of hydrogen-bond acceptors (Lipinski definition) is 6. The van der Waals surface area contributed by atoms with E-state index in [2.05, 4.69) is 15.3 Å². The summed E-state index contributed by atoms with van der Waals surface area (Å²) >= 11 is 1.62. The van der Waals surface area contributed by atoms with Crippen molar-refractivity contribution < 1.29 is 8.42 Å². The minimum Gasteiger partial charge on any atom is -0.366 e. The molecule has 1 N–H and O–H groups in total. The summed E-state index contributed by atoms with van der Waals surface area (Å²) in [4.78, 5) is 8.58. The number of aromatic nitrogens is 2. The van der Waals surface area contributed by atoms with Crippen molar-refractivity contribution in [3.05, 3.63) is 17.8 Å². The largest absolute Gasteiger partial charge is 0.366 e. The molecule has 0 amide bonds. The number of sulfone groups is 1. The van der Waals surface area contributed by atoms with Crippen LogP contribution in [0.25, 0.3) is 10.2 Å². The van der Waals surface area contributed by atoms with E-state index in [9.17, 15) is 8.42 Å². The smallest absolute Gasteiger partial charge is 0.156 e. The van der Waals surface area contributed by atoms with Crippen LogP contribution in [0, 0.1) is 0 Å². The molecule has 1 aliphatic heterocycles. The molecule has 1 spiro atoms. The molecule has 7 heteroatoms. The zero-order valence-corrected chi connectivity index (χ0v) is 13.2. The topological polar surface area (TPSA) is 72.0 Å². The van der Waals surface area contributed by atoms with Crippen molar-refractivity contribution in [1.29, 1.82) is 0 Å². The van der Waals surface area contributed by atoms with Crippen LogP contribution < -0.4 is 5.32 Å². The molecule has 2 aliphatic rings. The highest BCUT2D eigenvalue weighted by Crippen LogP contribution is 2.47. The summed E-state index contributed by atoms with van der Waals surface area (Å²) < 4.78 is 25.2. The van der Waals surface area contributed by atoms with Crippen LogP contribution in [0.2, 0.25) is 0 Å². The lowest BCUT2D eigenvalue weighted by molar-refractivity contribution is 0.289. The minimum atomic E-state index is -2.91. The van der Waals surface area contributed by atoms with Gasteiger partial charge in [0, 0.05) is 6.04 Å². The maximum Gasteiger partial charge on any atom is 0.156 e. The van der Waals surface area contributed by atoms with E-state index in [0.717, 1.165) is 35.3 Å². The molecular formula is C14H17N3O2S2. The van der Waals surface area contributed by atoms with Gasteiger partial charge >= 0.3 is 0 Å². The Hall–Kier alpha value is -1.21. The quantitative estimate of drug-likeness (QED) is 0.920. The monoisotopic (exact) mass is 323 g/mol. The lowest BCUT2D eigenvalue weighted by Gasteiger charge is -2.46. The second kappa shape index (κ2) is 4.64. The second-order valence-electron chi connectivity index (χ2n) is 6.05. The van der Waals surface area contributed by atoms with E-state index in [0.29, 0.717) is 18.6 Å². The van der Waals surface area contributed by atoms with Crippen LogP contribution in [0.1, 0.15) is 32.1 Å². The van der Waals surface area contributed by atoms with E-state index < -0.39 is 14.6 Å². The average Bonchev–Trinajstić information content (AvgIpc) is 2.88. The standard InChI is InChI=1S/C14H17N3O2S2/c18-21(19)7-3-10(8-14(21)4-1-5-14)17-13-12-11(2-6-20-12)15-9-16-13/h2,6,9-10H,1,3-5,7-8H2,(H,15,16,17). The Kier molecular flexibility index (Phi) is 2.97. The lowest BCUT2D eigenvalue weighted by Crippen LogP contribution is -2.53. The maximum absolute atomic E-state index is 12.3. The Morgan fingerprint density at radius 1 is 1.33 bits per heavy atom. The van der Waals surface area contributed by atoms with Crippen molar-refractivity contribution >= 4 is 37.2 Å². The van der Waals surface area contributed by atoms with E-state index in [1.54, 1.807) is 17.7 Å². The fourth-order valence-electron chi connectivity index (χ4n) is 3.49. The normalized spacial score (nSPS) is 26.6. The van der Waals surface area contributed by atoms with Gasteiger partial charge in [0.25, 0.3) is 0 Å². The molecule has 3 heterocycles. The summed E-state index contributed by atoms with van der Waals surface area (Å²) in [6.07, 6.45) is 5.63. The molecule has 2 fully saturated rings. The molecule has 0 bridgehead atoms. The van der Waals surface area contributed by atoms with Crippen molar-refractivity contribution in [1.82, 2.24) is 9.97 Å². The number of hydrogen-bond donors (Lipinski definition) is 1. The van der Waals surface area contributed by atoms with Crippen LogP contribution in [-0.4, -0.2) is 34.9 Å². The molecule has 1 saturated carbocycles. The maximum atomic E-state index is 12.3. The zero-order chi connectivity index (χ0) is 14.5. The van der Waals surface area contributed by atoms with E-state index in [1.807, 2.05) is 11.4 Å². The fraction of sp³-hybridized carbons (Fsp3) is 0.571. The summed E-state index contributed by atoms with van der Waals surface area (Å²) in [5.74, 6) is 1.14. The number of anilines is 1. The van der Waals surface area contributed by atoms with Gasteiger partial charge in [-0.15, -0.1) is 11.3 Å². The van der Waals surface area contributed by atoms with Crippen LogP contribution in [0.15, 0.2) is 17.8 Å². The summed E-state index contributed by atoms with van der Waals surface area (Å²) in [6, 6.07) is 2.17. The molecule has 5 nitrogen and oxygen atoms in total.